The van der Waals surface area contributed by atoms with Gasteiger partial charge in [0, 0.05) is 24.7 Å². The first-order chi connectivity index (χ1) is 8.70. The van der Waals surface area contributed by atoms with Crippen LogP contribution in [0.2, 0.25) is 0 Å². The van der Waals surface area contributed by atoms with E-state index in [9.17, 15) is 4.79 Å². The van der Waals surface area contributed by atoms with Crippen LogP contribution in [0.25, 0.3) is 0 Å². The first-order valence-electron chi connectivity index (χ1n) is 6.36. The van der Waals surface area contributed by atoms with Gasteiger partial charge in [0.25, 0.3) is 0 Å². The summed E-state index contributed by atoms with van der Waals surface area (Å²) < 4.78 is 5.26. The molecule has 0 bridgehead atoms. The summed E-state index contributed by atoms with van der Waals surface area (Å²) in [5, 5.41) is 0. The third kappa shape index (κ3) is 3.01. The molecule has 1 amide bonds. The topological polar surface area (TPSA) is 55.6 Å². The molecule has 4 heteroatoms. The van der Waals surface area contributed by atoms with Crippen molar-refractivity contribution in [3.63, 3.8) is 0 Å². The van der Waals surface area contributed by atoms with Crippen LogP contribution in [0.1, 0.15) is 18.4 Å². The molecule has 0 atom stereocenters. The molecule has 0 radical (unpaired) electrons. The van der Waals surface area contributed by atoms with E-state index in [0.29, 0.717) is 6.42 Å². The zero-order valence-corrected chi connectivity index (χ0v) is 10.8. The monoisotopic (exact) mass is 248 g/mol. The Bertz CT molecular complexity index is 412. The van der Waals surface area contributed by atoms with Gasteiger partial charge in [-0.25, -0.2) is 0 Å². The highest BCUT2D eigenvalue weighted by atomic mass is 16.5. The van der Waals surface area contributed by atoms with Gasteiger partial charge in [0.2, 0.25) is 5.91 Å². The van der Waals surface area contributed by atoms with Crippen molar-refractivity contribution in [3.8, 4) is 5.75 Å². The molecule has 0 aromatic heterocycles. The third-order valence-electron chi connectivity index (χ3n) is 3.43. The number of para-hydroxylation sites is 1. The van der Waals surface area contributed by atoms with E-state index in [1.807, 2.05) is 29.2 Å². The fourth-order valence-corrected chi connectivity index (χ4v) is 2.27. The molecule has 1 aromatic carbocycles. The molecule has 1 fully saturated rings. The molecule has 18 heavy (non-hydrogen) atoms. The number of nitrogens with two attached hydrogens (primary N) is 1. The van der Waals surface area contributed by atoms with Crippen LogP contribution in [-0.2, 0) is 11.2 Å². The first kappa shape index (κ1) is 12.9. The highest BCUT2D eigenvalue weighted by Crippen LogP contribution is 2.19. The smallest absolute Gasteiger partial charge is 0.227 e. The quantitative estimate of drug-likeness (QED) is 0.874. The van der Waals surface area contributed by atoms with Crippen molar-refractivity contribution in [2.24, 2.45) is 5.73 Å². The van der Waals surface area contributed by atoms with Crippen LogP contribution in [0.15, 0.2) is 24.3 Å². The summed E-state index contributed by atoms with van der Waals surface area (Å²) in [5.74, 6) is 0.936. The second-order valence-electron chi connectivity index (χ2n) is 4.71. The number of piperidine rings is 1. The lowest BCUT2D eigenvalue weighted by Gasteiger charge is -2.30. The van der Waals surface area contributed by atoms with Gasteiger partial charge in [-0.05, 0) is 18.9 Å². The van der Waals surface area contributed by atoms with Gasteiger partial charge in [-0.2, -0.15) is 0 Å². The molecule has 0 unspecified atom stereocenters. The molecule has 1 saturated heterocycles. The van der Waals surface area contributed by atoms with Gasteiger partial charge in [0.05, 0.1) is 13.5 Å². The van der Waals surface area contributed by atoms with E-state index in [1.165, 1.54) is 0 Å². The number of methoxy groups -OCH3 is 1. The fraction of sp³-hybridized carbons (Fsp3) is 0.500. The van der Waals surface area contributed by atoms with Crippen LogP contribution in [0.3, 0.4) is 0 Å². The SMILES string of the molecule is COc1ccccc1CC(=O)N1CCC(N)CC1. The molecule has 0 saturated carbocycles. The van der Waals surface area contributed by atoms with Gasteiger partial charge in [-0.15, -0.1) is 0 Å². The van der Waals surface area contributed by atoms with Crippen LogP contribution in [0.4, 0.5) is 0 Å². The van der Waals surface area contributed by atoms with Crippen LogP contribution in [0, 0.1) is 0 Å². The molecule has 1 aromatic rings. The number of amides is 1. The Labute approximate surface area is 108 Å². The number of carbonyl (C=O) groups is 1. The normalized spacial score (nSPS) is 16.7. The molecule has 1 heterocycles. The van der Waals surface area contributed by atoms with Crippen LogP contribution < -0.4 is 10.5 Å². The van der Waals surface area contributed by atoms with Crippen molar-refractivity contribution in [1.82, 2.24) is 4.90 Å². The zero-order valence-electron chi connectivity index (χ0n) is 10.8. The number of carbonyl (C=O) groups excluding carboxylic acids is 1. The lowest BCUT2D eigenvalue weighted by Crippen LogP contribution is -2.43. The standard InChI is InChI=1S/C14H20N2O2/c1-18-13-5-3-2-4-11(13)10-14(17)16-8-6-12(15)7-9-16/h2-5,12H,6-10,15H2,1H3. The van der Waals surface area contributed by atoms with Crippen molar-refractivity contribution >= 4 is 5.91 Å². The van der Waals surface area contributed by atoms with Gasteiger partial charge >= 0.3 is 0 Å². The van der Waals surface area contributed by atoms with Crippen molar-refractivity contribution in [3.05, 3.63) is 29.8 Å². The Morgan fingerprint density at radius 2 is 2.06 bits per heavy atom. The number of hydrogen-bond donors (Lipinski definition) is 1. The van der Waals surface area contributed by atoms with E-state index in [2.05, 4.69) is 0 Å². The van der Waals surface area contributed by atoms with E-state index in [0.717, 1.165) is 37.2 Å². The Morgan fingerprint density at radius 3 is 2.72 bits per heavy atom. The van der Waals surface area contributed by atoms with E-state index < -0.39 is 0 Å². The molecule has 1 aliphatic rings. The van der Waals surface area contributed by atoms with Crippen LogP contribution in [-0.4, -0.2) is 37.0 Å². The number of nitrogens with zero attached hydrogens (tertiary/aromatic N) is 1. The molecule has 2 N–H and O–H groups in total. The van der Waals surface area contributed by atoms with Crippen LogP contribution in [0.5, 0.6) is 5.75 Å². The van der Waals surface area contributed by atoms with Gasteiger partial charge < -0.3 is 15.4 Å². The van der Waals surface area contributed by atoms with Gasteiger partial charge in [-0.1, -0.05) is 18.2 Å². The lowest BCUT2D eigenvalue weighted by molar-refractivity contribution is -0.131. The van der Waals surface area contributed by atoms with Crippen molar-refractivity contribution in [2.75, 3.05) is 20.2 Å². The number of hydrogen-bond acceptors (Lipinski definition) is 3. The average Bonchev–Trinajstić information content (AvgIpc) is 2.40. The number of benzene rings is 1. The molecular weight excluding hydrogens is 228 g/mol. The molecule has 4 nitrogen and oxygen atoms in total. The van der Waals surface area contributed by atoms with Crippen molar-refractivity contribution in [1.29, 1.82) is 0 Å². The maximum absolute atomic E-state index is 12.2. The first-order valence-corrected chi connectivity index (χ1v) is 6.36. The number of rotatable bonds is 3. The van der Waals surface area contributed by atoms with Gasteiger partial charge in [0.1, 0.15) is 5.75 Å². The van der Waals surface area contributed by atoms with Crippen LogP contribution >= 0.6 is 0 Å². The molecule has 0 spiro atoms. The summed E-state index contributed by atoms with van der Waals surface area (Å²) in [5.41, 5.74) is 6.78. The van der Waals surface area contributed by atoms with Crippen molar-refractivity contribution in [2.45, 2.75) is 25.3 Å². The Hall–Kier alpha value is -1.55. The summed E-state index contributed by atoms with van der Waals surface area (Å²) in [6.45, 7) is 1.55. The van der Waals surface area contributed by atoms with E-state index in [4.69, 9.17) is 10.5 Å². The second-order valence-corrected chi connectivity index (χ2v) is 4.71. The maximum atomic E-state index is 12.2. The summed E-state index contributed by atoms with van der Waals surface area (Å²) in [6.07, 6.45) is 2.20. The fourth-order valence-electron chi connectivity index (χ4n) is 2.27. The summed E-state index contributed by atoms with van der Waals surface area (Å²) in [4.78, 5) is 14.1. The van der Waals surface area contributed by atoms with Crippen molar-refractivity contribution < 1.29 is 9.53 Å². The predicted molar refractivity (Wildman–Crippen MR) is 70.5 cm³/mol. The third-order valence-corrected chi connectivity index (χ3v) is 3.43. The number of likely N-dealkylation sites (tertiary alicyclic amines) is 1. The van der Waals surface area contributed by atoms with Gasteiger partial charge in [-0.3, -0.25) is 4.79 Å². The molecular formula is C14H20N2O2. The Morgan fingerprint density at radius 1 is 1.39 bits per heavy atom. The minimum absolute atomic E-state index is 0.159. The molecule has 1 aliphatic heterocycles. The highest BCUT2D eigenvalue weighted by molar-refractivity contribution is 5.79. The van der Waals surface area contributed by atoms with E-state index in [1.54, 1.807) is 7.11 Å². The molecule has 0 aliphatic carbocycles. The second kappa shape index (κ2) is 5.87. The Kier molecular flexibility index (Phi) is 4.20. The Balaban J connectivity index is 1.98. The highest BCUT2D eigenvalue weighted by Gasteiger charge is 2.21. The largest absolute Gasteiger partial charge is 0.496 e. The molecule has 2 rings (SSSR count). The lowest BCUT2D eigenvalue weighted by atomic mass is 10.0. The minimum Gasteiger partial charge on any atom is -0.496 e. The summed E-state index contributed by atoms with van der Waals surface area (Å²) in [6, 6.07) is 7.91. The average molecular weight is 248 g/mol. The van der Waals surface area contributed by atoms with E-state index >= 15 is 0 Å². The van der Waals surface area contributed by atoms with E-state index in [-0.39, 0.29) is 11.9 Å². The summed E-state index contributed by atoms with van der Waals surface area (Å²) >= 11 is 0. The predicted octanol–water partition coefficient (Wildman–Crippen LogP) is 1.19. The maximum Gasteiger partial charge on any atom is 0.227 e. The van der Waals surface area contributed by atoms with Gasteiger partial charge in [0.15, 0.2) is 0 Å². The number of ether oxygens (including phenoxy) is 1. The summed E-state index contributed by atoms with van der Waals surface area (Å²) in [7, 11) is 1.63. The zero-order chi connectivity index (χ0) is 13.0. The molecule has 98 valence electrons. The minimum atomic E-state index is 0.159.